The molecule has 2 heterocycles. The van der Waals surface area contributed by atoms with Gasteiger partial charge in [0.25, 0.3) is 0 Å². The van der Waals surface area contributed by atoms with Crippen LogP contribution in [0.25, 0.3) is 27.8 Å². The number of para-hydroxylation sites is 2. The molecule has 4 aromatic carbocycles. The molecule has 1 aromatic heterocycles. The smallest absolute Gasteiger partial charge is 0.226 e. The number of amides is 1. The number of carbonyl (C=O) groups is 1. The third-order valence-corrected chi connectivity index (χ3v) is 9.22. The largest absolute Gasteiger partial charge is 0.326 e. The second kappa shape index (κ2) is 13.3. The van der Waals surface area contributed by atoms with E-state index in [-0.39, 0.29) is 11.8 Å². The SMILES string of the molecule is CC(C)C(=O)Nc1cccc(C2CCN(CCCc3c(-c4cccc(Br)c4)n(-c4ccccc4)c4ccccc34)CC2)c1. The standard InChI is InChI=1S/C38H40BrN3O/c1-27(2)38(43)40-32-14-9-11-29(26-32)28-20-23-41(24-21-28)22-10-18-35-34-17-6-7-19-36(34)42(33-15-4-3-5-16-33)37(35)30-12-8-13-31(39)25-30/h3-9,11-17,19,25-28H,10,18,20-24H2,1-2H3,(H,40,43). The van der Waals surface area contributed by atoms with Crippen molar-refractivity contribution in [3.05, 3.63) is 119 Å². The van der Waals surface area contributed by atoms with Gasteiger partial charge in [-0.15, -0.1) is 0 Å². The van der Waals surface area contributed by atoms with E-state index in [4.69, 9.17) is 0 Å². The maximum Gasteiger partial charge on any atom is 0.226 e. The molecule has 0 aliphatic carbocycles. The molecule has 0 bridgehead atoms. The van der Waals surface area contributed by atoms with Crippen molar-refractivity contribution >= 4 is 38.4 Å². The second-order valence-corrected chi connectivity index (χ2v) is 12.9. The Morgan fingerprint density at radius 1 is 0.884 bits per heavy atom. The first-order valence-corrected chi connectivity index (χ1v) is 16.3. The summed E-state index contributed by atoms with van der Waals surface area (Å²) in [5, 5.41) is 4.40. The summed E-state index contributed by atoms with van der Waals surface area (Å²) in [5.41, 5.74) is 8.64. The monoisotopic (exact) mass is 633 g/mol. The van der Waals surface area contributed by atoms with E-state index in [1.165, 1.54) is 39.0 Å². The molecule has 0 unspecified atom stereocenters. The lowest BCUT2D eigenvalue weighted by molar-refractivity contribution is -0.118. The van der Waals surface area contributed by atoms with Crippen LogP contribution in [-0.4, -0.2) is 35.0 Å². The highest BCUT2D eigenvalue weighted by Gasteiger charge is 2.23. The Hall–Kier alpha value is -3.67. The maximum absolute atomic E-state index is 12.2. The number of halogens is 1. The zero-order chi connectivity index (χ0) is 29.8. The minimum Gasteiger partial charge on any atom is -0.326 e. The summed E-state index contributed by atoms with van der Waals surface area (Å²) in [6, 6.07) is 36.8. The number of benzene rings is 4. The summed E-state index contributed by atoms with van der Waals surface area (Å²) < 4.78 is 3.53. The van der Waals surface area contributed by atoms with Crippen molar-refractivity contribution in [2.45, 2.75) is 45.4 Å². The van der Waals surface area contributed by atoms with Crippen molar-refractivity contribution < 1.29 is 4.79 Å². The van der Waals surface area contributed by atoms with Gasteiger partial charge in [0.2, 0.25) is 5.91 Å². The Kier molecular flexibility index (Phi) is 9.11. The number of carbonyl (C=O) groups excluding carboxylic acids is 1. The van der Waals surface area contributed by atoms with Crippen LogP contribution < -0.4 is 5.32 Å². The first-order valence-electron chi connectivity index (χ1n) is 15.5. The molecular weight excluding hydrogens is 594 g/mol. The number of piperidine rings is 1. The van der Waals surface area contributed by atoms with E-state index in [0.29, 0.717) is 5.92 Å². The number of aryl methyl sites for hydroxylation is 1. The molecule has 1 fully saturated rings. The number of aromatic nitrogens is 1. The van der Waals surface area contributed by atoms with Crippen LogP contribution in [0.4, 0.5) is 5.69 Å². The average Bonchev–Trinajstić information content (AvgIpc) is 3.36. The predicted octanol–water partition coefficient (Wildman–Crippen LogP) is 9.47. The van der Waals surface area contributed by atoms with Crippen molar-refractivity contribution in [2.75, 3.05) is 25.0 Å². The van der Waals surface area contributed by atoms with E-state index in [0.717, 1.165) is 55.5 Å². The molecule has 1 saturated heterocycles. The summed E-state index contributed by atoms with van der Waals surface area (Å²) in [4.78, 5) is 14.8. The Bertz CT molecular complexity index is 1700. The van der Waals surface area contributed by atoms with Gasteiger partial charge < -0.3 is 14.8 Å². The molecule has 1 N–H and O–H groups in total. The van der Waals surface area contributed by atoms with Gasteiger partial charge in [-0.3, -0.25) is 4.79 Å². The fourth-order valence-corrected chi connectivity index (χ4v) is 6.87. The number of hydrogen-bond acceptors (Lipinski definition) is 2. The molecule has 43 heavy (non-hydrogen) atoms. The second-order valence-electron chi connectivity index (χ2n) is 12.0. The van der Waals surface area contributed by atoms with Crippen LogP contribution in [0.2, 0.25) is 0 Å². The molecular formula is C38H40BrN3O. The van der Waals surface area contributed by atoms with Crippen molar-refractivity contribution in [1.29, 1.82) is 0 Å². The average molecular weight is 635 g/mol. The van der Waals surface area contributed by atoms with E-state index in [1.807, 2.05) is 19.9 Å². The maximum atomic E-state index is 12.2. The molecule has 6 rings (SSSR count). The van der Waals surface area contributed by atoms with Gasteiger partial charge in [-0.25, -0.2) is 0 Å². The Balaban J connectivity index is 1.18. The number of hydrogen-bond donors (Lipinski definition) is 1. The predicted molar refractivity (Wildman–Crippen MR) is 183 cm³/mol. The highest BCUT2D eigenvalue weighted by Crippen LogP contribution is 2.38. The minimum atomic E-state index is -0.0209. The van der Waals surface area contributed by atoms with Crippen LogP contribution in [0, 0.1) is 5.92 Å². The summed E-state index contributed by atoms with van der Waals surface area (Å²) in [6.07, 6.45) is 4.45. The van der Waals surface area contributed by atoms with Gasteiger partial charge in [-0.05, 0) is 110 Å². The highest BCUT2D eigenvalue weighted by molar-refractivity contribution is 9.10. The molecule has 5 heteroatoms. The molecule has 1 aliphatic rings. The van der Waals surface area contributed by atoms with Crippen LogP contribution in [0.1, 0.15) is 50.2 Å². The molecule has 1 aliphatic heterocycles. The fourth-order valence-electron chi connectivity index (χ4n) is 6.47. The lowest BCUT2D eigenvalue weighted by Gasteiger charge is -2.32. The van der Waals surface area contributed by atoms with Crippen LogP contribution in [-0.2, 0) is 11.2 Å². The normalized spacial score (nSPS) is 14.4. The first kappa shape index (κ1) is 29.4. The quantitative estimate of drug-likeness (QED) is 0.175. The summed E-state index contributed by atoms with van der Waals surface area (Å²) >= 11 is 3.72. The number of fused-ring (bicyclic) bond motifs is 1. The number of nitrogens with one attached hydrogen (secondary N) is 1. The van der Waals surface area contributed by atoms with Gasteiger partial charge in [0.1, 0.15) is 0 Å². The topological polar surface area (TPSA) is 37.3 Å². The van der Waals surface area contributed by atoms with E-state index in [1.54, 1.807) is 0 Å². The molecule has 1 amide bonds. The molecule has 0 saturated carbocycles. The number of likely N-dealkylation sites (tertiary alicyclic amines) is 1. The fraction of sp³-hybridized carbons (Fsp3) is 0.289. The molecule has 0 atom stereocenters. The molecule has 0 radical (unpaired) electrons. The lowest BCUT2D eigenvalue weighted by Crippen LogP contribution is -2.33. The zero-order valence-electron chi connectivity index (χ0n) is 25.1. The van der Waals surface area contributed by atoms with E-state index < -0.39 is 0 Å². The molecule has 4 nitrogen and oxygen atoms in total. The molecule has 220 valence electrons. The third-order valence-electron chi connectivity index (χ3n) is 8.73. The van der Waals surface area contributed by atoms with Crippen molar-refractivity contribution in [2.24, 2.45) is 5.92 Å². The van der Waals surface area contributed by atoms with Gasteiger partial charge in [-0.1, -0.05) is 90.4 Å². The third kappa shape index (κ3) is 6.63. The summed E-state index contributed by atoms with van der Waals surface area (Å²) in [6.45, 7) is 7.17. The van der Waals surface area contributed by atoms with Gasteiger partial charge >= 0.3 is 0 Å². The summed E-state index contributed by atoms with van der Waals surface area (Å²) in [7, 11) is 0. The first-order chi connectivity index (χ1) is 21.0. The van der Waals surface area contributed by atoms with Gasteiger partial charge in [0, 0.05) is 27.2 Å². The van der Waals surface area contributed by atoms with Gasteiger partial charge in [-0.2, -0.15) is 0 Å². The Morgan fingerprint density at radius 3 is 2.40 bits per heavy atom. The number of nitrogens with zero attached hydrogens (tertiary/aromatic N) is 2. The Labute approximate surface area is 263 Å². The lowest BCUT2D eigenvalue weighted by atomic mass is 9.89. The number of anilines is 1. The summed E-state index contributed by atoms with van der Waals surface area (Å²) in [5.74, 6) is 0.591. The van der Waals surface area contributed by atoms with Crippen LogP contribution in [0.5, 0.6) is 0 Å². The Morgan fingerprint density at radius 2 is 1.63 bits per heavy atom. The zero-order valence-corrected chi connectivity index (χ0v) is 26.7. The highest BCUT2D eigenvalue weighted by atomic mass is 79.9. The number of rotatable bonds is 9. The van der Waals surface area contributed by atoms with Crippen molar-refractivity contribution in [1.82, 2.24) is 9.47 Å². The molecule has 0 spiro atoms. The van der Waals surface area contributed by atoms with E-state index >= 15 is 0 Å². The van der Waals surface area contributed by atoms with Crippen LogP contribution >= 0.6 is 15.9 Å². The van der Waals surface area contributed by atoms with E-state index in [9.17, 15) is 4.79 Å². The van der Waals surface area contributed by atoms with Gasteiger partial charge in [0.15, 0.2) is 0 Å². The van der Waals surface area contributed by atoms with Crippen molar-refractivity contribution in [3.8, 4) is 16.9 Å². The van der Waals surface area contributed by atoms with Gasteiger partial charge in [0.05, 0.1) is 11.2 Å². The van der Waals surface area contributed by atoms with Crippen molar-refractivity contribution in [3.63, 3.8) is 0 Å². The molecule has 5 aromatic rings. The van der Waals surface area contributed by atoms with Crippen LogP contribution in [0.3, 0.4) is 0 Å². The van der Waals surface area contributed by atoms with E-state index in [2.05, 4.69) is 128 Å². The van der Waals surface area contributed by atoms with Crippen LogP contribution in [0.15, 0.2) is 108 Å². The minimum absolute atomic E-state index is 0.0209.